The summed E-state index contributed by atoms with van der Waals surface area (Å²) in [4.78, 5) is 11.3. The molecular formula is C13H20N2O4S. The molecule has 6 nitrogen and oxygen atoms in total. The normalized spacial score (nSPS) is 11.3. The summed E-state index contributed by atoms with van der Waals surface area (Å²) in [5, 5.41) is 2.53. The zero-order valence-electron chi connectivity index (χ0n) is 11.7. The second-order valence-electron chi connectivity index (χ2n) is 4.18. The molecule has 0 aliphatic heterocycles. The lowest BCUT2D eigenvalue weighted by atomic mass is 10.2. The number of carbonyl (C=O) groups excluding carboxylic acids is 1. The van der Waals surface area contributed by atoms with Gasteiger partial charge in [0.15, 0.2) is 0 Å². The van der Waals surface area contributed by atoms with Gasteiger partial charge in [0.25, 0.3) is 0 Å². The van der Waals surface area contributed by atoms with E-state index in [0.717, 1.165) is 12.0 Å². The number of rotatable bonds is 8. The van der Waals surface area contributed by atoms with Crippen LogP contribution in [-0.4, -0.2) is 41.1 Å². The summed E-state index contributed by atoms with van der Waals surface area (Å²) in [5.41, 5.74) is 1.08. The maximum absolute atomic E-state index is 12.0. The van der Waals surface area contributed by atoms with Gasteiger partial charge in [0, 0.05) is 20.2 Å². The molecule has 0 saturated carbocycles. The second kappa shape index (κ2) is 7.98. The number of benzene rings is 1. The van der Waals surface area contributed by atoms with E-state index in [-0.39, 0.29) is 30.5 Å². The van der Waals surface area contributed by atoms with E-state index < -0.39 is 10.0 Å². The van der Waals surface area contributed by atoms with Crippen molar-refractivity contribution < 1.29 is 17.9 Å². The Morgan fingerprint density at radius 2 is 1.85 bits per heavy atom. The molecule has 2 N–H and O–H groups in total. The van der Waals surface area contributed by atoms with Crippen LogP contribution >= 0.6 is 0 Å². The van der Waals surface area contributed by atoms with Crippen LogP contribution < -0.4 is 10.0 Å². The van der Waals surface area contributed by atoms with Crippen LogP contribution in [0.25, 0.3) is 0 Å². The highest BCUT2D eigenvalue weighted by molar-refractivity contribution is 7.89. The number of methoxy groups -OCH3 is 1. The van der Waals surface area contributed by atoms with Crippen molar-refractivity contribution in [3.8, 4) is 0 Å². The van der Waals surface area contributed by atoms with E-state index in [1.165, 1.54) is 7.11 Å². The molecular weight excluding hydrogens is 280 g/mol. The molecule has 0 aromatic heterocycles. The molecule has 1 aromatic carbocycles. The average Bonchev–Trinajstić information content (AvgIpc) is 2.44. The second-order valence-corrected chi connectivity index (χ2v) is 5.95. The van der Waals surface area contributed by atoms with Crippen LogP contribution in [0.4, 0.5) is 0 Å². The molecule has 0 atom stereocenters. The van der Waals surface area contributed by atoms with Crippen LogP contribution in [0.5, 0.6) is 0 Å². The van der Waals surface area contributed by atoms with Gasteiger partial charge in [-0.05, 0) is 24.1 Å². The summed E-state index contributed by atoms with van der Waals surface area (Å²) >= 11 is 0. The molecule has 0 unspecified atom stereocenters. The largest absolute Gasteiger partial charge is 0.375 e. The van der Waals surface area contributed by atoms with Crippen molar-refractivity contribution in [2.45, 2.75) is 18.2 Å². The Kier molecular flexibility index (Phi) is 6.63. The van der Waals surface area contributed by atoms with Crippen molar-refractivity contribution in [3.05, 3.63) is 29.8 Å². The Morgan fingerprint density at radius 1 is 1.20 bits per heavy atom. The smallest absolute Gasteiger partial charge is 0.246 e. The van der Waals surface area contributed by atoms with Gasteiger partial charge < -0.3 is 10.1 Å². The molecule has 1 amide bonds. The molecule has 1 rings (SSSR count). The Labute approximate surface area is 119 Å². The van der Waals surface area contributed by atoms with Crippen molar-refractivity contribution in [3.63, 3.8) is 0 Å². The standard InChI is InChI=1S/C13H20N2O4S/c1-3-11-4-6-12(7-5-11)20(17,18)15-9-8-14-13(16)10-19-2/h4-7,15H,3,8-10H2,1-2H3,(H,14,16). The molecule has 0 heterocycles. The highest BCUT2D eigenvalue weighted by Crippen LogP contribution is 2.10. The van der Waals surface area contributed by atoms with Crippen molar-refractivity contribution in [1.29, 1.82) is 0 Å². The topological polar surface area (TPSA) is 84.5 Å². The van der Waals surface area contributed by atoms with E-state index in [2.05, 4.69) is 14.8 Å². The molecule has 20 heavy (non-hydrogen) atoms. The first-order valence-electron chi connectivity index (χ1n) is 6.34. The van der Waals surface area contributed by atoms with Crippen molar-refractivity contribution in [1.82, 2.24) is 10.0 Å². The number of ether oxygens (including phenoxy) is 1. The Balaban J connectivity index is 2.47. The van der Waals surface area contributed by atoms with Gasteiger partial charge in [0.1, 0.15) is 6.61 Å². The minimum absolute atomic E-state index is 0.0365. The van der Waals surface area contributed by atoms with Crippen LogP contribution in [0.15, 0.2) is 29.2 Å². The highest BCUT2D eigenvalue weighted by Gasteiger charge is 2.12. The van der Waals surface area contributed by atoms with Gasteiger partial charge in [0.2, 0.25) is 15.9 Å². The first kappa shape index (κ1) is 16.6. The highest BCUT2D eigenvalue weighted by atomic mass is 32.2. The molecule has 1 aromatic rings. The van der Waals surface area contributed by atoms with Crippen molar-refractivity contribution in [2.75, 3.05) is 26.8 Å². The van der Waals surface area contributed by atoms with Gasteiger partial charge in [-0.3, -0.25) is 4.79 Å². The van der Waals surface area contributed by atoms with Gasteiger partial charge in [-0.15, -0.1) is 0 Å². The van der Waals surface area contributed by atoms with Crippen LogP contribution in [0.3, 0.4) is 0 Å². The van der Waals surface area contributed by atoms with Gasteiger partial charge in [-0.2, -0.15) is 0 Å². The quantitative estimate of drug-likeness (QED) is 0.676. The fraction of sp³-hybridized carbons (Fsp3) is 0.462. The number of aryl methyl sites for hydroxylation is 1. The van der Waals surface area contributed by atoms with E-state index in [9.17, 15) is 13.2 Å². The van der Waals surface area contributed by atoms with E-state index in [4.69, 9.17) is 0 Å². The van der Waals surface area contributed by atoms with E-state index in [0.29, 0.717) is 0 Å². The first-order chi connectivity index (χ1) is 9.49. The van der Waals surface area contributed by atoms with Crippen LogP contribution in [0, 0.1) is 0 Å². The molecule has 0 fully saturated rings. The van der Waals surface area contributed by atoms with Crippen molar-refractivity contribution in [2.24, 2.45) is 0 Å². The number of amides is 1. The third-order valence-electron chi connectivity index (χ3n) is 2.66. The molecule has 0 radical (unpaired) electrons. The third-order valence-corrected chi connectivity index (χ3v) is 4.13. The van der Waals surface area contributed by atoms with Crippen LogP contribution in [-0.2, 0) is 26.0 Å². The summed E-state index contributed by atoms with van der Waals surface area (Å²) in [6, 6.07) is 6.72. The fourth-order valence-corrected chi connectivity index (χ4v) is 2.59. The SMILES string of the molecule is CCc1ccc(S(=O)(=O)NCCNC(=O)COC)cc1. The first-order valence-corrected chi connectivity index (χ1v) is 7.82. The van der Waals surface area contributed by atoms with E-state index in [1.54, 1.807) is 24.3 Å². The van der Waals surface area contributed by atoms with Crippen molar-refractivity contribution >= 4 is 15.9 Å². The summed E-state index contributed by atoms with van der Waals surface area (Å²) in [7, 11) is -2.11. The third kappa shape index (κ3) is 5.28. The number of hydrogen-bond acceptors (Lipinski definition) is 4. The summed E-state index contributed by atoms with van der Waals surface area (Å²) in [5.74, 6) is -0.279. The molecule has 0 bridgehead atoms. The summed E-state index contributed by atoms with van der Waals surface area (Å²) in [6.45, 7) is 2.32. The van der Waals surface area contributed by atoms with Crippen LogP contribution in [0.1, 0.15) is 12.5 Å². The zero-order valence-corrected chi connectivity index (χ0v) is 12.5. The van der Waals surface area contributed by atoms with Crippen LogP contribution in [0.2, 0.25) is 0 Å². The predicted octanol–water partition coefficient (Wildman–Crippen LogP) is 0.290. The molecule has 7 heteroatoms. The molecule has 112 valence electrons. The molecule has 0 aliphatic carbocycles. The summed E-state index contributed by atoms with van der Waals surface area (Å²) < 4.78 is 31.0. The fourth-order valence-electron chi connectivity index (χ4n) is 1.56. The molecule has 0 spiro atoms. The molecule has 0 aliphatic rings. The zero-order chi connectivity index (χ0) is 15.0. The van der Waals surface area contributed by atoms with E-state index in [1.807, 2.05) is 6.92 Å². The lowest BCUT2D eigenvalue weighted by Gasteiger charge is -2.08. The maximum atomic E-state index is 12.0. The predicted molar refractivity (Wildman–Crippen MR) is 75.9 cm³/mol. The van der Waals surface area contributed by atoms with Gasteiger partial charge >= 0.3 is 0 Å². The average molecular weight is 300 g/mol. The Hall–Kier alpha value is -1.44. The number of carbonyl (C=O) groups is 1. The minimum Gasteiger partial charge on any atom is -0.375 e. The number of hydrogen-bond donors (Lipinski definition) is 2. The van der Waals surface area contributed by atoms with Gasteiger partial charge in [-0.25, -0.2) is 13.1 Å². The number of nitrogens with one attached hydrogen (secondary N) is 2. The lowest BCUT2D eigenvalue weighted by molar-refractivity contribution is -0.124. The lowest BCUT2D eigenvalue weighted by Crippen LogP contribution is -2.36. The minimum atomic E-state index is -3.53. The van der Waals surface area contributed by atoms with Gasteiger partial charge in [-0.1, -0.05) is 19.1 Å². The Bertz CT molecular complexity index is 526. The number of sulfonamides is 1. The van der Waals surface area contributed by atoms with E-state index >= 15 is 0 Å². The Morgan fingerprint density at radius 3 is 2.40 bits per heavy atom. The monoisotopic (exact) mass is 300 g/mol. The molecule has 0 saturated heterocycles. The van der Waals surface area contributed by atoms with Gasteiger partial charge in [0.05, 0.1) is 4.90 Å². The maximum Gasteiger partial charge on any atom is 0.246 e. The summed E-state index contributed by atoms with van der Waals surface area (Å²) in [6.07, 6.45) is 0.860.